The average Bonchev–Trinajstić information content (AvgIpc) is 3.06. The van der Waals surface area contributed by atoms with E-state index in [9.17, 15) is 9.90 Å². The summed E-state index contributed by atoms with van der Waals surface area (Å²) in [6, 6.07) is 14.5. The van der Waals surface area contributed by atoms with Crippen LogP contribution in [0.5, 0.6) is 5.75 Å². The predicted octanol–water partition coefficient (Wildman–Crippen LogP) is 4.83. The van der Waals surface area contributed by atoms with Gasteiger partial charge in [0.15, 0.2) is 0 Å². The molecule has 0 aliphatic carbocycles. The topological polar surface area (TPSA) is 85.5 Å². The summed E-state index contributed by atoms with van der Waals surface area (Å²) in [5, 5.41) is 17.7. The van der Waals surface area contributed by atoms with Gasteiger partial charge >= 0.3 is 5.97 Å². The Morgan fingerprint density at radius 1 is 1.26 bits per heavy atom. The fourth-order valence-corrected chi connectivity index (χ4v) is 3.08. The molecule has 8 heteroatoms. The number of rotatable bonds is 7. The van der Waals surface area contributed by atoms with E-state index in [-0.39, 0.29) is 10.1 Å². The molecule has 0 aliphatic rings. The Hall–Kier alpha value is -2.77. The first-order valence-electron chi connectivity index (χ1n) is 7.90. The first-order valence-corrected chi connectivity index (χ1v) is 9.10. The van der Waals surface area contributed by atoms with Crippen molar-refractivity contribution in [2.45, 2.75) is 18.8 Å². The van der Waals surface area contributed by atoms with Crippen LogP contribution in [0.3, 0.4) is 0 Å². The third-order valence-corrected chi connectivity index (χ3v) is 4.64. The predicted molar refractivity (Wildman–Crippen MR) is 103 cm³/mol. The van der Waals surface area contributed by atoms with E-state index in [0.29, 0.717) is 28.8 Å². The summed E-state index contributed by atoms with van der Waals surface area (Å²) < 4.78 is 11.0. The van der Waals surface area contributed by atoms with Crippen molar-refractivity contribution in [2.75, 3.05) is 0 Å². The average molecular weight is 403 g/mol. The lowest BCUT2D eigenvalue weighted by Crippen LogP contribution is -1.98. The molecule has 0 radical (unpaired) electrons. The molecular formula is C19H15ClN2O4S. The molecule has 0 unspecified atom stereocenters. The molecule has 138 valence electrons. The second-order valence-electron chi connectivity index (χ2n) is 5.46. The lowest BCUT2D eigenvalue weighted by Gasteiger charge is -2.08. The summed E-state index contributed by atoms with van der Waals surface area (Å²) in [4.78, 5) is 11.6. The van der Waals surface area contributed by atoms with Crippen molar-refractivity contribution >= 4 is 35.4 Å². The first-order chi connectivity index (χ1) is 13.0. The minimum absolute atomic E-state index is 0.0573. The van der Waals surface area contributed by atoms with Gasteiger partial charge in [0.1, 0.15) is 17.3 Å². The maximum Gasteiger partial charge on any atom is 0.342 e. The normalized spacial score (nSPS) is 11.4. The van der Waals surface area contributed by atoms with Crippen molar-refractivity contribution in [1.29, 1.82) is 0 Å². The second kappa shape index (κ2) is 8.75. The van der Waals surface area contributed by atoms with Gasteiger partial charge in [-0.3, -0.25) is 0 Å². The number of carboxylic acid groups (broad SMARTS) is 1. The van der Waals surface area contributed by atoms with Crippen molar-refractivity contribution in [3.8, 4) is 5.75 Å². The lowest BCUT2D eigenvalue weighted by atomic mass is 10.2. The Morgan fingerprint density at radius 3 is 2.78 bits per heavy atom. The highest BCUT2D eigenvalue weighted by Gasteiger charge is 2.14. The van der Waals surface area contributed by atoms with Crippen molar-refractivity contribution in [3.63, 3.8) is 0 Å². The molecule has 3 aromatic rings. The summed E-state index contributed by atoms with van der Waals surface area (Å²) in [7, 11) is 0. The standard InChI is InChI=1S/C19H15ClN2O4S/c1-12-21-22-19(26-12)27-17(18(23)24)10-13-5-4-7-15(9-13)25-11-14-6-2-3-8-16(14)20/h2-10H,11H2,1H3,(H,23,24)/b17-10+. The molecule has 2 aromatic carbocycles. The van der Waals surface area contributed by atoms with Crippen molar-refractivity contribution in [3.05, 3.63) is 75.5 Å². The number of aryl methyl sites for hydroxylation is 1. The Morgan fingerprint density at radius 2 is 2.07 bits per heavy atom. The van der Waals surface area contributed by atoms with Crippen molar-refractivity contribution in [1.82, 2.24) is 10.2 Å². The van der Waals surface area contributed by atoms with E-state index in [2.05, 4.69) is 10.2 Å². The second-order valence-corrected chi connectivity index (χ2v) is 6.86. The van der Waals surface area contributed by atoms with Crippen LogP contribution >= 0.6 is 23.4 Å². The number of benzene rings is 2. The van der Waals surface area contributed by atoms with Crippen LogP contribution in [0, 0.1) is 6.92 Å². The van der Waals surface area contributed by atoms with Gasteiger partial charge in [-0.25, -0.2) is 4.79 Å². The van der Waals surface area contributed by atoms with Crippen LogP contribution < -0.4 is 4.74 Å². The molecule has 27 heavy (non-hydrogen) atoms. The van der Waals surface area contributed by atoms with Crippen molar-refractivity contribution in [2.24, 2.45) is 0 Å². The van der Waals surface area contributed by atoms with Gasteiger partial charge in [0.2, 0.25) is 5.89 Å². The number of carbonyl (C=O) groups is 1. The number of aromatic nitrogens is 2. The van der Waals surface area contributed by atoms with Gasteiger partial charge in [-0.05, 0) is 41.6 Å². The molecule has 0 spiro atoms. The van der Waals surface area contributed by atoms with Crippen LogP contribution in [-0.4, -0.2) is 21.3 Å². The molecule has 6 nitrogen and oxygen atoms in total. The monoisotopic (exact) mass is 402 g/mol. The first kappa shape index (κ1) is 19.0. The minimum Gasteiger partial charge on any atom is -0.489 e. The number of carboxylic acids is 1. The summed E-state index contributed by atoms with van der Waals surface area (Å²) in [5.74, 6) is -0.109. The maximum atomic E-state index is 11.5. The number of nitrogens with zero attached hydrogens (tertiary/aromatic N) is 2. The van der Waals surface area contributed by atoms with Crippen LogP contribution in [0.15, 0.2) is 63.1 Å². The van der Waals surface area contributed by atoms with E-state index in [1.54, 1.807) is 37.3 Å². The van der Waals surface area contributed by atoms with Gasteiger partial charge in [-0.1, -0.05) is 41.9 Å². The number of ether oxygens (including phenoxy) is 1. The van der Waals surface area contributed by atoms with Gasteiger partial charge < -0.3 is 14.3 Å². The summed E-state index contributed by atoms with van der Waals surface area (Å²) in [5.41, 5.74) is 1.54. The minimum atomic E-state index is -1.08. The van der Waals surface area contributed by atoms with Gasteiger partial charge in [0.05, 0.1) is 0 Å². The summed E-state index contributed by atoms with van der Waals surface area (Å²) in [6.07, 6.45) is 1.52. The van der Waals surface area contributed by atoms with E-state index in [1.807, 2.05) is 18.2 Å². The van der Waals surface area contributed by atoms with Gasteiger partial charge in [-0.2, -0.15) is 0 Å². The number of halogens is 1. The highest BCUT2D eigenvalue weighted by atomic mass is 35.5. The zero-order valence-corrected chi connectivity index (χ0v) is 15.8. The quantitative estimate of drug-likeness (QED) is 0.447. The molecule has 1 heterocycles. The number of thioether (sulfide) groups is 1. The number of hydrogen-bond donors (Lipinski definition) is 1. The van der Waals surface area contributed by atoms with Crippen LogP contribution in [0.2, 0.25) is 5.02 Å². The fourth-order valence-electron chi connectivity index (χ4n) is 2.17. The molecular weight excluding hydrogens is 388 g/mol. The summed E-state index contributed by atoms with van der Waals surface area (Å²) in [6.45, 7) is 1.95. The number of aliphatic carboxylic acids is 1. The smallest absolute Gasteiger partial charge is 0.342 e. The van der Waals surface area contributed by atoms with E-state index < -0.39 is 5.97 Å². The summed E-state index contributed by atoms with van der Waals surface area (Å²) >= 11 is 7.02. The Bertz CT molecular complexity index is 987. The van der Waals surface area contributed by atoms with E-state index in [1.165, 1.54) is 6.08 Å². The molecule has 3 rings (SSSR count). The molecule has 1 aromatic heterocycles. The highest BCUT2D eigenvalue weighted by Crippen LogP contribution is 2.28. The van der Waals surface area contributed by atoms with Crippen LogP contribution in [-0.2, 0) is 11.4 Å². The lowest BCUT2D eigenvalue weighted by molar-refractivity contribution is -0.131. The highest BCUT2D eigenvalue weighted by molar-refractivity contribution is 8.03. The molecule has 1 N–H and O–H groups in total. The fraction of sp³-hybridized carbons (Fsp3) is 0.105. The Balaban J connectivity index is 1.75. The Labute approximate surface area is 164 Å². The SMILES string of the molecule is Cc1nnc(S/C(=C/c2cccc(OCc3ccccc3Cl)c2)C(=O)O)o1. The molecule has 0 atom stereocenters. The van der Waals surface area contributed by atoms with Crippen LogP contribution in [0.25, 0.3) is 6.08 Å². The molecule has 0 saturated carbocycles. The van der Waals surface area contributed by atoms with Gasteiger partial charge in [0.25, 0.3) is 5.22 Å². The molecule has 0 bridgehead atoms. The Kier molecular flexibility index (Phi) is 6.16. The largest absolute Gasteiger partial charge is 0.489 e. The maximum absolute atomic E-state index is 11.5. The molecule has 0 aliphatic heterocycles. The third-order valence-electron chi connectivity index (χ3n) is 3.42. The van der Waals surface area contributed by atoms with Crippen molar-refractivity contribution < 1.29 is 19.1 Å². The van der Waals surface area contributed by atoms with Gasteiger partial charge in [-0.15, -0.1) is 10.2 Å². The van der Waals surface area contributed by atoms with Gasteiger partial charge in [0, 0.05) is 17.5 Å². The third kappa shape index (κ3) is 5.35. The van der Waals surface area contributed by atoms with E-state index in [0.717, 1.165) is 17.3 Å². The molecule has 0 amide bonds. The van der Waals surface area contributed by atoms with E-state index in [4.69, 9.17) is 20.8 Å². The zero-order chi connectivity index (χ0) is 19.2. The number of hydrogen-bond acceptors (Lipinski definition) is 6. The zero-order valence-electron chi connectivity index (χ0n) is 14.3. The molecule has 0 fully saturated rings. The van der Waals surface area contributed by atoms with Crippen LogP contribution in [0.4, 0.5) is 0 Å². The molecule has 0 saturated heterocycles. The van der Waals surface area contributed by atoms with Crippen LogP contribution in [0.1, 0.15) is 17.0 Å². The van der Waals surface area contributed by atoms with E-state index >= 15 is 0 Å².